The number of hydrogen-bond donors (Lipinski definition) is 0. The van der Waals surface area contributed by atoms with Gasteiger partial charge < -0.3 is 13.7 Å². The molecular weight excluding hydrogens is 362 g/mol. The van der Waals surface area contributed by atoms with E-state index >= 15 is 0 Å². The summed E-state index contributed by atoms with van der Waals surface area (Å²) in [5, 5.41) is 10.7. The number of benzene rings is 1. The molecular formula is C16H13N3O6S. The van der Waals surface area contributed by atoms with Crippen LogP contribution in [0.1, 0.15) is 16.1 Å². The average Bonchev–Trinajstić information content (AvgIpc) is 3.20. The van der Waals surface area contributed by atoms with Crippen LogP contribution >= 0.6 is 11.3 Å². The third-order valence-corrected chi connectivity index (χ3v) is 4.57. The van der Waals surface area contributed by atoms with E-state index in [1.807, 2.05) is 25.1 Å². The van der Waals surface area contributed by atoms with E-state index in [-0.39, 0.29) is 17.1 Å². The minimum atomic E-state index is -0.778. The lowest BCUT2D eigenvalue weighted by atomic mass is 10.2. The number of nitrogens with zero attached hydrogens (tertiary/aromatic N) is 3. The number of aromatic nitrogens is 1. The maximum absolute atomic E-state index is 12.3. The molecule has 134 valence electrons. The average molecular weight is 375 g/mol. The Morgan fingerprint density at radius 1 is 1.35 bits per heavy atom. The lowest BCUT2D eigenvalue weighted by molar-refractivity contribution is -0.402. The van der Waals surface area contributed by atoms with E-state index < -0.39 is 22.7 Å². The van der Waals surface area contributed by atoms with Crippen LogP contribution in [0.3, 0.4) is 0 Å². The first-order valence-corrected chi connectivity index (χ1v) is 8.21. The summed E-state index contributed by atoms with van der Waals surface area (Å²) in [7, 11) is 1.27. The highest BCUT2D eigenvalue weighted by Crippen LogP contribution is 2.20. The summed E-state index contributed by atoms with van der Waals surface area (Å²) in [5.41, 5.74) is 1.74. The van der Waals surface area contributed by atoms with Gasteiger partial charge in [-0.3, -0.25) is 19.7 Å². The molecule has 2 heterocycles. The fourth-order valence-corrected chi connectivity index (χ4v) is 3.42. The minimum Gasteiger partial charge on any atom is -0.468 e. The van der Waals surface area contributed by atoms with Gasteiger partial charge in [0.25, 0.3) is 0 Å². The molecule has 0 unspecified atom stereocenters. The van der Waals surface area contributed by atoms with Gasteiger partial charge in [-0.1, -0.05) is 17.4 Å². The monoisotopic (exact) mass is 375 g/mol. The number of amides is 1. The van der Waals surface area contributed by atoms with Gasteiger partial charge in [-0.15, -0.1) is 0 Å². The highest BCUT2D eigenvalue weighted by atomic mass is 32.1. The Kier molecular flexibility index (Phi) is 4.67. The number of thiazole rings is 1. The second-order valence-electron chi connectivity index (χ2n) is 5.33. The molecule has 10 heteroatoms. The van der Waals surface area contributed by atoms with Crippen LogP contribution in [-0.2, 0) is 16.1 Å². The van der Waals surface area contributed by atoms with Crippen LogP contribution in [0.2, 0.25) is 0 Å². The highest BCUT2D eigenvalue weighted by molar-refractivity contribution is 7.16. The van der Waals surface area contributed by atoms with Crippen molar-refractivity contribution in [3.05, 3.63) is 56.6 Å². The molecule has 0 saturated heterocycles. The molecule has 3 rings (SSSR count). The van der Waals surface area contributed by atoms with Gasteiger partial charge in [0.1, 0.15) is 11.5 Å². The summed E-state index contributed by atoms with van der Waals surface area (Å²) >= 11 is 1.22. The first-order chi connectivity index (χ1) is 12.4. The van der Waals surface area contributed by atoms with Gasteiger partial charge in [0.05, 0.1) is 23.4 Å². The van der Waals surface area contributed by atoms with Gasteiger partial charge in [0.15, 0.2) is 4.80 Å². The lowest BCUT2D eigenvalue weighted by Gasteiger charge is -2.03. The lowest BCUT2D eigenvalue weighted by Crippen LogP contribution is -2.22. The van der Waals surface area contributed by atoms with Crippen LogP contribution in [0.25, 0.3) is 10.2 Å². The van der Waals surface area contributed by atoms with E-state index in [9.17, 15) is 19.7 Å². The molecule has 2 aromatic heterocycles. The summed E-state index contributed by atoms with van der Waals surface area (Å²) in [6.07, 6.45) is 0. The van der Waals surface area contributed by atoms with Crippen LogP contribution in [-0.4, -0.2) is 28.5 Å². The van der Waals surface area contributed by atoms with Gasteiger partial charge in [0.2, 0.25) is 5.76 Å². The van der Waals surface area contributed by atoms with E-state index in [2.05, 4.69) is 4.99 Å². The predicted octanol–water partition coefficient (Wildman–Crippen LogP) is 2.43. The molecule has 0 atom stereocenters. The van der Waals surface area contributed by atoms with Crippen molar-refractivity contribution in [3.8, 4) is 0 Å². The molecule has 0 bridgehead atoms. The fraction of sp³-hybridized carbons (Fsp3) is 0.188. The molecule has 0 saturated carbocycles. The van der Waals surface area contributed by atoms with Crippen molar-refractivity contribution >= 4 is 39.3 Å². The SMILES string of the molecule is COC(=O)Cn1c(=NC(=O)c2ccc([N+](=O)[O-])o2)sc2cc(C)ccc21. The second-order valence-corrected chi connectivity index (χ2v) is 6.34. The number of furan rings is 1. The van der Waals surface area contributed by atoms with Crippen molar-refractivity contribution in [2.24, 2.45) is 4.99 Å². The molecule has 3 aromatic rings. The van der Waals surface area contributed by atoms with Crippen LogP contribution in [0.5, 0.6) is 0 Å². The van der Waals surface area contributed by atoms with Gasteiger partial charge in [0, 0.05) is 0 Å². The van der Waals surface area contributed by atoms with E-state index in [4.69, 9.17) is 9.15 Å². The molecule has 0 aliphatic heterocycles. The molecule has 0 radical (unpaired) electrons. The maximum Gasteiger partial charge on any atom is 0.433 e. The van der Waals surface area contributed by atoms with Crippen molar-refractivity contribution in [2.45, 2.75) is 13.5 Å². The summed E-state index contributed by atoms with van der Waals surface area (Å²) in [4.78, 5) is 38.2. The summed E-state index contributed by atoms with van der Waals surface area (Å²) in [6.45, 7) is 1.80. The Morgan fingerprint density at radius 3 is 2.77 bits per heavy atom. The number of carbonyl (C=O) groups is 2. The number of carbonyl (C=O) groups excluding carboxylic acids is 2. The van der Waals surface area contributed by atoms with Crippen LogP contribution in [0, 0.1) is 17.0 Å². The molecule has 9 nitrogen and oxygen atoms in total. The number of fused-ring (bicyclic) bond motifs is 1. The highest BCUT2D eigenvalue weighted by Gasteiger charge is 2.18. The number of nitro groups is 1. The number of esters is 1. The Labute approximate surface area is 150 Å². The van der Waals surface area contributed by atoms with Crippen molar-refractivity contribution in [1.29, 1.82) is 0 Å². The Hall–Kier alpha value is -3.27. The molecule has 0 N–H and O–H groups in total. The fourth-order valence-electron chi connectivity index (χ4n) is 2.29. The van der Waals surface area contributed by atoms with Crippen LogP contribution < -0.4 is 4.80 Å². The largest absolute Gasteiger partial charge is 0.468 e. The van der Waals surface area contributed by atoms with Gasteiger partial charge in [-0.2, -0.15) is 4.99 Å². The predicted molar refractivity (Wildman–Crippen MR) is 91.8 cm³/mol. The standard InChI is InChI=1S/C16H13N3O6S/c1-9-3-4-10-12(7-9)26-16(18(10)8-14(20)24-2)17-15(21)11-5-6-13(25-11)19(22)23/h3-7H,8H2,1-2H3. The van der Waals surface area contributed by atoms with E-state index in [1.165, 1.54) is 24.5 Å². The molecule has 1 amide bonds. The summed E-state index contributed by atoms with van der Waals surface area (Å²) in [6, 6.07) is 7.89. The normalized spacial score (nSPS) is 11.7. The Bertz CT molecular complexity index is 1090. The molecule has 0 fully saturated rings. The third kappa shape index (κ3) is 3.40. The maximum atomic E-state index is 12.3. The number of rotatable bonds is 4. The third-order valence-electron chi connectivity index (χ3n) is 3.53. The smallest absolute Gasteiger partial charge is 0.433 e. The Morgan fingerprint density at radius 2 is 2.12 bits per heavy atom. The quantitative estimate of drug-likeness (QED) is 0.393. The first-order valence-electron chi connectivity index (χ1n) is 7.39. The van der Waals surface area contributed by atoms with E-state index in [0.29, 0.717) is 0 Å². The van der Waals surface area contributed by atoms with Crippen molar-refractivity contribution in [2.75, 3.05) is 7.11 Å². The summed E-state index contributed by atoms with van der Waals surface area (Å²) in [5.74, 6) is -2.07. The molecule has 26 heavy (non-hydrogen) atoms. The zero-order valence-corrected chi connectivity index (χ0v) is 14.6. The van der Waals surface area contributed by atoms with Gasteiger partial charge in [-0.25, -0.2) is 0 Å². The second kappa shape index (κ2) is 6.92. The Balaban J connectivity index is 2.10. The zero-order valence-electron chi connectivity index (χ0n) is 13.8. The number of ether oxygens (including phenoxy) is 1. The molecule has 0 spiro atoms. The number of aryl methyl sites for hydroxylation is 1. The number of hydrogen-bond acceptors (Lipinski definition) is 7. The molecule has 0 aliphatic carbocycles. The van der Waals surface area contributed by atoms with Crippen molar-refractivity contribution in [3.63, 3.8) is 0 Å². The van der Waals surface area contributed by atoms with Crippen LogP contribution in [0.15, 0.2) is 39.7 Å². The minimum absolute atomic E-state index is 0.121. The first kappa shape index (κ1) is 17.5. The van der Waals surface area contributed by atoms with Gasteiger partial charge >= 0.3 is 17.8 Å². The van der Waals surface area contributed by atoms with E-state index in [0.717, 1.165) is 21.8 Å². The van der Waals surface area contributed by atoms with Gasteiger partial charge in [-0.05, 0) is 30.7 Å². The molecule has 1 aromatic carbocycles. The van der Waals surface area contributed by atoms with Crippen molar-refractivity contribution < 1.29 is 23.7 Å². The van der Waals surface area contributed by atoms with Crippen molar-refractivity contribution in [1.82, 2.24) is 4.57 Å². The zero-order chi connectivity index (χ0) is 18.8. The summed E-state index contributed by atoms with van der Waals surface area (Å²) < 4.78 is 12.0. The molecule has 0 aliphatic rings. The van der Waals surface area contributed by atoms with Crippen LogP contribution in [0.4, 0.5) is 5.88 Å². The topological polar surface area (TPSA) is 117 Å². The van der Waals surface area contributed by atoms with E-state index in [1.54, 1.807) is 4.57 Å². The number of methoxy groups -OCH3 is 1.